The molecule has 0 amide bonds. The van der Waals surface area contributed by atoms with E-state index in [1.54, 1.807) is 0 Å². The molecule has 0 aliphatic carbocycles. The molecule has 1 aliphatic heterocycles. The molecular formula is C16H19N. The van der Waals surface area contributed by atoms with E-state index >= 15 is 0 Å². The first-order valence-electron chi connectivity index (χ1n) is 6.12. The summed E-state index contributed by atoms with van der Waals surface area (Å²) in [6, 6.07) is 10.6. The number of allylic oxidation sites excluding steroid dienone is 2. The van der Waals surface area contributed by atoms with Gasteiger partial charge in [0.1, 0.15) is 0 Å². The van der Waals surface area contributed by atoms with E-state index in [4.69, 9.17) is 0 Å². The van der Waals surface area contributed by atoms with Crippen molar-refractivity contribution in [3.63, 3.8) is 0 Å². The average molecular weight is 225 g/mol. The minimum absolute atomic E-state index is 0.979. The van der Waals surface area contributed by atoms with Gasteiger partial charge in [-0.25, -0.2) is 0 Å². The summed E-state index contributed by atoms with van der Waals surface area (Å²) in [5.41, 5.74) is 3.91. The van der Waals surface area contributed by atoms with E-state index in [-0.39, 0.29) is 0 Å². The van der Waals surface area contributed by atoms with Gasteiger partial charge in [0.2, 0.25) is 0 Å². The Bertz CT molecular complexity index is 440. The highest BCUT2D eigenvalue weighted by Crippen LogP contribution is 2.17. The van der Waals surface area contributed by atoms with Crippen LogP contribution in [-0.4, -0.2) is 11.4 Å². The molecule has 0 spiro atoms. The molecular weight excluding hydrogens is 206 g/mol. The van der Waals surface area contributed by atoms with Crippen molar-refractivity contribution in [2.45, 2.75) is 19.9 Å². The van der Waals surface area contributed by atoms with Gasteiger partial charge in [-0.1, -0.05) is 55.5 Å². The summed E-state index contributed by atoms with van der Waals surface area (Å²) in [6.07, 6.45) is 7.57. The highest BCUT2D eigenvalue weighted by molar-refractivity contribution is 5.33. The second-order valence-corrected chi connectivity index (χ2v) is 4.44. The lowest BCUT2D eigenvalue weighted by atomic mass is 10.1. The van der Waals surface area contributed by atoms with Gasteiger partial charge in [-0.3, -0.25) is 0 Å². The van der Waals surface area contributed by atoms with Gasteiger partial charge >= 0.3 is 0 Å². The molecule has 0 atom stereocenters. The Morgan fingerprint density at radius 2 is 2.12 bits per heavy atom. The molecule has 0 N–H and O–H groups in total. The lowest BCUT2D eigenvalue weighted by Gasteiger charge is -2.15. The van der Waals surface area contributed by atoms with Crippen LogP contribution in [0.5, 0.6) is 0 Å². The Morgan fingerprint density at radius 3 is 2.82 bits per heavy atom. The third-order valence-electron chi connectivity index (χ3n) is 2.96. The first-order chi connectivity index (χ1) is 8.28. The fraction of sp³-hybridized carbons (Fsp3) is 0.250. The van der Waals surface area contributed by atoms with Crippen LogP contribution in [0.15, 0.2) is 66.4 Å². The molecule has 0 saturated carbocycles. The van der Waals surface area contributed by atoms with Gasteiger partial charge in [0.15, 0.2) is 0 Å². The molecule has 0 fully saturated rings. The summed E-state index contributed by atoms with van der Waals surface area (Å²) in [7, 11) is 0. The Hall–Kier alpha value is -1.76. The topological polar surface area (TPSA) is 3.24 Å². The van der Waals surface area contributed by atoms with E-state index in [2.05, 4.69) is 67.1 Å². The van der Waals surface area contributed by atoms with Crippen LogP contribution in [0.1, 0.15) is 18.9 Å². The van der Waals surface area contributed by atoms with Crippen LogP contribution in [0.25, 0.3) is 0 Å². The molecule has 0 radical (unpaired) electrons. The van der Waals surface area contributed by atoms with Crippen LogP contribution >= 0.6 is 0 Å². The second-order valence-electron chi connectivity index (χ2n) is 4.44. The van der Waals surface area contributed by atoms with Crippen molar-refractivity contribution >= 4 is 0 Å². The van der Waals surface area contributed by atoms with E-state index in [0.717, 1.165) is 19.5 Å². The Morgan fingerprint density at radius 1 is 1.35 bits per heavy atom. The molecule has 0 bridgehead atoms. The highest BCUT2D eigenvalue weighted by Gasteiger charge is 2.09. The first-order valence-corrected chi connectivity index (χ1v) is 6.12. The lowest BCUT2D eigenvalue weighted by Crippen LogP contribution is -2.14. The van der Waals surface area contributed by atoms with Gasteiger partial charge in [-0.05, 0) is 23.6 Å². The molecule has 0 aromatic heterocycles. The predicted molar refractivity (Wildman–Crippen MR) is 73.5 cm³/mol. The van der Waals surface area contributed by atoms with Crippen molar-refractivity contribution < 1.29 is 0 Å². The van der Waals surface area contributed by atoms with Crippen molar-refractivity contribution in [3.05, 3.63) is 72.0 Å². The lowest BCUT2D eigenvalue weighted by molar-refractivity contribution is 0.419. The highest BCUT2D eigenvalue weighted by atomic mass is 15.1. The Balaban J connectivity index is 1.94. The minimum Gasteiger partial charge on any atom is -0.369 e. The average Bonchev–Trinajstić information content (AvgIpc) is 2.77. The van der Waals surface area contributed by atoms with E-state index in [1.807, 2.05) is 0 Å². The molecule has 17 heavy (non-hydrogen) atoms. The molecule has 1 aromatic carbocycles. The van der Waals surface area contributed by atoms with Crippen molar-refractivity contribution in [3.8, 4) is 0 Å². The summed E-state index contributed by atoms with van der Waals surface area (Å²) >= 11 is 0. The molecule has 2 rings (SSSR count). The monoisotopic (exact) mass is 225 g/mol. The van der Waals surface area contributed by atoms with Gasteiger partial charge in [-0.2, -0.15) is 0 Å². The zero-order valence-corrected chi connectivity index (χ0v) is 10.4. The van der Waals surface area contributed by atoms with Crippen LogP contribution in [0, 0.1) is 0 Å². The molecule has 1 aliphatic rings. The summed E-state index contributed by atoms with van der Waals surface area (Å²) in [5, 5.41) is 0. The third kappa shape index (κ3) is 3.35. The summed E-state index contributed by atoms with van der Waals surface area (Å²) < 4.78 is 0. The Labute approximate surface area is 104 Å². The van der Waals surface area contributed by atoms with Crippen molar-refractivity contribution in [1.29, 1.82) is 0 Å². The zero-order valence-electron chi connectivity index (χ0n) is 10.4. The largest absolute Gasteiger partial charge is 0.369 e. The van der Waals surface area contributed by atoms with Gasteiger partial charge in [0, 0.05) is 19.3 Å². The van der Waals surface area contributed by atoms with E-state index in [0.29, 0.717) is 0 Å². The number of hydrogen-bond donors (Lipinski definition) is 0. The van der Waals surface area contributed by atoms with E-state index in [9.17, 15) is 0 Å². The van der Waals surface area contributed by atoms with E-state index in [1.165, 1.54) is 16.7 Å². The van der Waals surface area contributed by atoms with Crippen molar-refractivity contribution in [2.24, 2.45) is 0 Å². The quantitative estimate of drug-likeness (QED) is 0.751. The SMILES string of the molecule is C=C(/C=C1\C=CN(Cc2ccccc2)C1)CC. The molecule has 1 heterocycles. The molecule has 0 saturated heterocycles. The number of nitrogens with zero attached hydrogens (tertiary/aromatic N) is 1. The third-order valence-corrected chi connectivity index (χ3v) is 2.96. The Kier molecular flexibility index (Phi) is 3.81. The maximum Gasteiger partial charge on any atom is 0.0428 e. The molecule has 1 nitrogen and oxygen atoms in total. The first kappa shape index (κ1) is 11.7. The van der Waals surface area contributed by atoms with Crippen LogP contribution in [0.4, 0.5) is 0 Å². The zero-order chi connectivity index (χ0) is 12.1. The number of rotatable bonds is 4. The van der Waals surface area contributed by atoms with E-state index < -0.39 is 0 Å². The summed E-state index contributed by atoms with van der Waals surface area (Å²) in [6.45, 7) is 8.13. The molecule has 0 unspecified atom stereocenters. The summed E-state index contributed by atoms with van der Waals surface area (Å²) in [4.78, 5) is 2.32. The minimum atomic E-state index is 0.979. The number of hydrogen-bond acceptors (Lipinski definition) is 1. The smallest absolute Gasteiger partial charge is 0.0428 e. The molecule has 1 aromatic rings. The molecule has 88 valence electrons. The fourth-order valence-corrected chi connectivity index (χ4v) is 1.93. The van der Waals surface area contributed by atoms with Gasteiger partial charge < -0.3 is 4.90 Å². The van der Waals surface area contributed by atoms with Crippen LogP contribution in [0.2, 0.25) is 0 Å². The van der Waals surface area contributed by atoms with Gasteiger partial charge in [0.25, 0.3) is 0 Å². The van der Waals surface area contributed by atoms with Crippen LogP contribution in [0.3, 0.4) is 0 Å². The summed E-state index contributed by atoms with van der Waals surface area (Å²) in [5.74, 6) is 0. The maximum atomic E-state index is 4.02. The van der Waals surface area contributed by atoms with Gasteiger partial charge in [0.05, 0.1) is 0 Å². The van der Waals surface area contributed by atoms with Crippen molar-refractivity contribution in [2.75, 3.05) is 6.54 Å². The normalized spacial score (nSPS) is 16.8. The van der Waals surface area contributed by atoms with Gasteiger partial charge in [-0.15, -0.1) is 0 Å². The standard InChI is InChI=1S/C16H19N/c1-3-14(2)11-16-9-10-17(13-16)12-15-7-5-4-6-8-15/h4-11H,2-3,12-13H2,1H3/b16-11+. The fourth-order valence-electron chi connectivity index (χ4n) is 1.93. The van der Waals surface area contributed by atoms with Crippen LogP contribution in [-0.2, 0) is 6.54 Å². The maximum absolute atomic E-state index is 4.02. The molecule has 1 heteroatoms. The van der Waals surface area contributed by atoms with Crippen molar-refractivity contribution in [1.82, 2.24) is 4.90 Å². The van der Waals surface area contributed by atoms with Crippen LogP contribution < -0.4 is 0 Å². The second kappa shape index (κ2) is 5.53. The predicted octanol–water partition coefficient (Wildman–Crippen LogP) is 3.91. The number of benzene rings is 1.